The molecule has 1 aromatic carbocycles. The molecule has 0 radical (unpaired) electrons. The number of hydrogen-bond acceptors (Lipinski definition) is 6. The van der Waals surface area contributed by atoms with E-state index in [1.54, 1.807) is 12.1 Å². The van der Waals surface area contributed by atoms with Gasteiger partial charge >= 0.3 is 0 Å². The number of hydrogen-bond donors (Lipinski definition) is 2. The predicted octanol–water partition coefficient (Wildman–Crippen LogP) is 2.39. The third kappa shape index (κ3) is 3.37. The van der Waals surface area contributed by atoms with Crippen molar-refractivity contribution < 1.29 is 8.42 Å². The maximum Gasteiger partial charge on any atom is 0.182 e. The van der Waals surface area contributed by atoms with Crippen LogP contribution in [-0.2, 0) is 16.4 Å². The van der Waals surface area contributed by atoms with Crippen LogP contribution in [0.4, 0.5) is 10.8 Å². The molecule has 102 valence electrons. The monoisotopic (exact) mass is 317 g/mol. The fraction of sp³-hybridized carbons (Fsp3) is 0.182. The molecule has 0 unspecified atom stereocenters. The van der Waals surface area contributed by atoms with Crippen LogP contribution in [0.15, 0.2) is 29.2 Å². The molecule has 1 aromatic heterocycles. The van der Waals surface area contributed by atoms with E-state index in [0.717, 1.165) is 23.4 Å². The molecule has 8 heteroatoms. The van der Waals surface area contributed by atoms with Crippen molar-refractivity contribution in [3.05, 3.63) is 34.9 Å². The van der Waals surface area contributed by atoms with E-state index in [1.165, 1.54) is 0 Å². The summed E-state index contributed by atoms with van der Waals surface area (Å²) >= 11 is 6.91. The summed E-state index contributed by atoms with van der Waals surface area (Å²) in [5.74, 6) is 0.0288. The summed E-state index contributed by atoms with van der Waals surface area (Å²) in [7, 11) is -3.40. The first-order valence-corrected chi connectivity index (χ1v) is 8.35. The highest BCUT2D eigenvalue weighted by molar-refractivity contribution is 7.91. The summed E-state index contributed by atoms with van der Waals surface area (Å²) < 4.78 is 27.1. The second kappa shape index (κ2) is 5.36. The van der Waals surface area contributed by atoms with Crippen LogP contribution in [0.1, 0.15) is 5.56 Å². The predicted molar refractivity (Wildman–Crippen MR) is 78.4 cm³/mol. The lowest BCUT2D eigenvalue weighted by molar-refractivity contribution is 0.602. The van der Waals surface area contributed by atoms with E-state index >= 15 is 0 Å². The van der Waals surface area contributed by atoms with Gasteiger partial charge in [-0.05, 0) is 29.2 Å². The molecular formula is C11H12ClN3O2S2. The van der Waals surface area contributed by atoms with Gasteiger partial charge in [-0.2, -0.15) is 4.37 Å². The number of halogens is 1. The van der Waals surface area contributed by atoms with Crippen LogP contribution in [0, 0.1) is 0 Å². The molecule has 0 saturated carbocycles. The van der Waals surface area contributed by atoms with Gasteiger partial charge in [-0.1, -0.05) is 23.7 Å². The Hall–Kier alpha value is -1.31. The number of anilines is 2. The van der Waals surface area contributed by atoms with Gasteiger partial charge in [0, 0.05) is 17.8 Å². The minimum absolute atomic E-state index is 0.0288. The Morgan fingerprint density at radius 1 is 1.47 bits per heavy atom. The normalized spacial score (nSPS) is 11.5. The van der Waals surface area contributed by atoms with Gasteiger partial charge in [-0.3, -0.25) is 0 Å². The number of rotatable bonds is 4. The van der Waals surface area contributed by atoms with E-state index in [1.807, 2.05) is 12.1 Å². The molecular weight excluding hydrogens is 306 g/mol. The number of aromatic nitrogens is 1. The molecule has 3 N–H and O–H groups in total. The SMILES string of the molecule is CS(=O)(=O)c1c(N)nsc1NCc1cccc(Cl)c1. The number of nitrogen functional groups attached to an aromatic ring is 1. The van der Waals surface area contributed by atoms with Crippen molar-refractivity contribution in [3.8, 4) is 0 Å². The molecule has 19 heavy (non-hydrogen) atoms. The van der Waals surface area contributed by atoms with Crippen LogP contribution in [0.25, 0.3) is 0 Å². The standard InChI is InChI=1S/C11H12ClN3O2S2/c1-19(16,17)9-10(13)15-18-11(9)14-6-7-3-2-4-8(12)5-7/h2-5,14H,6H2,1H3,(H2,13,15). The lowest BCUT2D eigenvalue weighted by atomic mass is 10.2. The fourth-order valence-corrected chi connectivity index (χ4v) is 3.87. The number of sulfone groups is 1. The van der Waals surface area contributed by atoms with E-state index < -0.39 is 9.84 Å². The molecule has 0 aliphatic heterocycles. The highest BCUT2D eigenvalue weighted by atomic mass is 35.5. The van der Waals surface area contributed by atoms with Crippen molar-refractivity contribution in [1.82, 2.24) is 4.37 Å². The van der Waals surface area contributed by atoms with Gasteiger partial charge < -0.3 is 11.1 Å². The summed E-state index contributed by atoms with van der Waals surface area (Å²) in [6, 6.07) is 7.30. The largest absolute Gasteiger partial charge is 0.382 e. The van der Waals surface area contributed by atoms with Crippen molar-refractivity contribution in [1.29, 1.82) is 0 Å². The molecule has 5 nitrogen and oxygen atoms in total. The molecule has 0 aliphatic rings. The van der Waals surface area contributed by atoms with Gasteiger partial charge in [-0.15, -0.1) is 0 Å². The van der Waals surface area contributed by atoms with Crippen LogP contribution in [0.2, 0.25) is 5.02 Å². The Kier molecular flexibility index (Phi) is 3.98. The number of nitrogens with one attached hydrogen (secondary N) is 1. The highest BCUT2D eigenvalue weighted by Crippen LogP contribution is 2.31. The quantitative estimate of drug-likeness (QED) is 0.904. The maximum absolute atomic E-state index is 11.6. The van der Waals surface area contributed by atoms with E-state index in [2.05, 4.69) is 9.69 Å². The van der Waals surface area contributed by atoms with Crippen molar-refractivity contribution >= 4 is 43.8 Å². The third-order valence-electron chi connectivity index (χ3n) is 2.39. The Labute approximate surface area is 120 Å². The molecule has 1 heterocycles. The Morgan fingerprint density at radius 2 is 2.21 bits per heavy atom. The van der Waals surface area contributed by atoms with E-state index in [-0.39, 0.29) is 10.7 Å². The molecule has 0 fully saturated rings. The number of nitrogens with zero attached hydrogens (tertiary/aromatic N) is 1. The topological polar surface area (TPSA) is 85.1 Å². The van der Waals surface area contributed by atoms with Gasteiger partial charge in [0.05, 0.1) is 0 Å². The minimum Gasteiger partial charge on any atom is -0.382 e. The van der Waals surface area contributed by atoms with Gasteiger partial charge in [0.1, 0.15) is 9.90 Å². The van der Waals surface area contributed by atoms with Gasteiger partial charge in [0.2, 0.25) is 0 Å². The molecule has 2 rings (SSSR count). The molecule has 0 amide bonds. The first-order chi connectivity index (χ1) is 8.88. The van der Waals surface area contributed by atoms with Crippen molar-refractivity contribution in [2.24, 2.45) is 0 Å². The molecule has 0 aliphatic carbocycles. The summed E-state index contributed by atoms with van der Waals surface area (Å²) in [4.78, 5) is 0.0551. The molecule has 0 spiro atoms. The zero-order valence-corrected chi connectivity index (χ0v) is 12.4. The second-order valence-electron chi connectivity index (χ2n) is 3.98. The highest BCUT2D eigenvalue weighted by Gasteiger charge is 2.20. The summed E-state index contributed by atoms with van der Waals surface area (Å²) in [6.45, 7) is 0.449. The molecule has 0 bridgehead atoms. The molecule has 2 aromatic rings. The van der Waals surface area contributed by atoms with Crippen LogP contribution >= 0.6 is 23.1 Å². The summed E-state index contributed by atoms with van der Waals surface area (Å²) in [6.07, 6.45) is 1.11. The average molecular weight is 318 g/mol. The average Bonchev–Trinajstić information content (AvgIpc) is 2.67. The smallest absolute Gasteiger partial charge is 0.182 e. The summed E-state index contributed by atoms with van der Waals surface area (Å²) in [5, 5.41) is 4.10. The number of benzene rings is 1. The maximum atomic E-state index is 11.6. The van der Waals surface area contributed by atoms with Crippen LogP contribution in [0.3, 0.4) is 0 Å². The van der Waals surface area contributed by atoms with Crippen molar-refractivity contribution in [3.63, 3.8) is 0 Å². The zero-order chi connectivity index (χ0) is 14.0. The zero-order valence-electron chi connectivity index (χ0n) is 10.1. The lowest BCUT2D eigenvalue weighted by Crippen LogP contribution is -2.05. The van der Waals surface area contributed by atoms with Crippen molar-refractivity contribution in [2.75, 3.05) is 17.3 Å². The van der Waals surface area contributed by atoms with Gasteiger partial charge in [0.25, 0.3) is 0 Å². The number of nitrogens with two attached hydrogens (primary N) is 1. The van der Waals surface area contributed by atoms with Crippen LogP contribution < -0.4 is 11.1 Å². The van der Waals surface area contributed by atoms with Gasteiger partial charge in [0.15, 0.2) is 15.7 Å². The van der Waals surface area contributed by atoms with Gasteiger partial charge in [-0.25, -0.2) is 8.42 Å². The van der Waals surface area contributed by atoms with E-state index in [0.29, 0.717) is 16.6 Å². The Balaban J connectivity index is 2.21. The lowest BCUT2D eigenvalue weighted by Gasteiger charge is -2.06. The fourth-order valence-electron chi connectivity index (χ4n) is 1.59. The first kappa shape index (κ1) is 14.1. The van der Waals surface area contributed by atoms with Crippen LogP contribution in [-0.4, -0.2) is 19.0 Å². The Morgan fingerprint density at radius 3 is 2.84 bits per heavy atom. The Bertz CT molecular complexity index is 698. The van der Waals surface area contributed by atoms with Crippen molar-refractivity contribution in [2.45, 2.75) is 11.4 Å². The van der Waals surface area contributed by atoms with Crippen LogP contribution in [0.5, 0.6) is 0 Å². The van der Waals surface area contributed by atoms with E-state index in [9.17, 15) is 8.42 Å². The summed E-state index contributed by atoms with van der Waals surface area (Å²) in [5.41, 5.74) is 6.52. The molecule has 0 atom stereocenters. The minimum atomic E-state index is -3.40. The second-order valence-corrected chi connectivity index (χ2v) is 7.14. The molecule has 0 saturated heterocycles. The van der Waals surface area contributed by atoms with E-state index in [4.69, 9.17) is 17.3 Å². The third-order valence-corrected chi connectivity index (χ3v) is 4.73. The first-order valence-electron chi connectivity index (χ1n) is 5.31.